The molecule has 0 radical (unpaired) electrons. The molecule has 1 aliphatic rings. The summed E-state index contributed by atoms with van der Waals surface area (Å²) in [4.78, 5) is 11.5. The van der Waals surface area contributed by atoms with Gasteiger partial charge in [-0.05, 0) is 18.9 Å². The third-order valence-electron chi connectivity index (χ3n) is 2.46. The Morgan fingerprint density at radius 2 is 2.27 bits per heavy atom. The van der Waals surface area contributed by atoms with Crippen molar-refractivity contribution in [1.82, 2.24) is 10.6 Å². The van der Waals surface area contributed by atoms with E-state index in [9.17, 15) is 4.79 Å². The van der Waals surface area contributed by atoms with E-state index in [1.54, 1.807) is 0 Å². The molecule has 1 rings (SSSR count). The number of carbonyl (C=O) groups is 1. The highest BCUT2D eigenvalue weighted by Gasteiger charge is 2.18. The van der Waals surface area contributed by atoms with Crippen molar-refractivity contribution in [3.05, 3.63) is 11.3 Å². The van der Waals surface area contributed by atoms with Gasteiger partial charge in [0, 0.05) is 19.6 Å². The summed E-state index contributed by atoms with van der Waals surface area (Å²) in [7, 11) is 0. The molecule has 0 aromatic heterocycles. The van der Waals surface area contributed by atoms with Gasteiger partial charge in [0.05, 0.1) is 0 Å². The monoisotopic (exact) mass is 213 g/mol. The molecular weight excluding hydrogens is 194 g/mol. The lowest BCUT2D eigenvalue weighted by Crippen LogP contribution is -2.50. The van der Waals surface area contributed by atoms with E-state index in [0.717, 1.165) is 25.1 Å². The molecule has 5 nitrogen and oxygen atoms in total. The van der Waals surface area contributed by atoms with Gasteiger partial charge in [-0.3, -0.25) is 5.32 Å². The first-order chi connectivity index (χ1) is 7.15. The number of hydrogen-bond acceptors (Lipinski definition) is 5. The van der Waals surface area contributed by atoms with Crippen LogP contribution in [0.1, 0.15) is 20.3 Å². The van der Waals surface area contributed by atoms with E-state index >= 15 is 0 Å². The molecule has 86 valence electrons. The highest BCUT2D eigenvalue weighted by Crippen LogP contribution is 2.05. The second-order valence-electron chi connectivity index (χ2n) is 3.60. The number of ether oxygens (including phenoxy) is 1. The van der Waals surface area contributed by atoms with Crippen LogP contribution in [0.2, 0.25) is 0 Å². The van der Waals surface area contributed by atoms with Crippen molar-refractivity contribution < 1.29 is 9.53 Å². The third-order valence-corrected chi connectivity index (χ3v) is 2.46. The summed E-state index contributed by atoms with van der Waals surface area (Å²) < 4.78 is 5.18. The Bertz CT molecular complexity index is 257. The number of carbonyl (C=O) groups excluding carboxylic acids is 1. The zero-order valence-electron chi connectivity index (χ0n) is 9.30. The van der Waals surface area contributed by atoms with Gasteiger partial charge in [-0.2, -0.15) is 0 Å². The summed E-state index contributed by atoms with van der Waals surface area (Å²) in [6.45, 7) is 6.12. The molecule has 1 atom stereocenters. The van der Waals surface area contributed by atoms with Gasteiger partial charge in [-0.1, -0.05) is 6.92 Å². The Hall–Kier alpha value is -1.07. The van der Waals surface area contributed by atoms with Crippen LogP contribution in [0.15, 0.2) is 11.3 Å². The predicted octanol–water partition coefficient (Wildman–Crippen LogP) is -0.309. The SMILES string of the molecule is CC/C(C)=C(/N)C(=O)OC1CNCCN1. The average molecular weight is 213 g/mol. The Morgan fingerprint density at radius 3 is 2.80 bits per heavy atom. The number of hydrogen-bond donors (Lipinski definition) is 3. The number of rotatable bonds is 3. The summed E-state index contributed by atoms with van der Waals surface area (Å²) >= 11 is 0. The van der Waals surface area contributed by atoms with Crippen LogP contribution in [0.25, 0.3) is 0 Å². The Balaban J connectivity index is 2.47. The van der Waals surface area contributed by atoms with Crippen molar-refractivity contribution >= 4 is 5.97 Å². The minimum atomic E-state index is -0.435. The maximum Gasteiger partial charge on any atom is 0.355 e. The fraction of sp³-hybridized carbons (Fsp3) is 0.700. The lowest BCUT2D eigenvalue weighted by atomic mass is 10.2. The molecule has 15 heavy (non-hydrogen) atoms. The summed E-state index contributed by atoms with van der Waals surface area (Å²) in [5.41, 5.74) is 6.74. The van der Waals surface area contributed by atoms with Crippen molar-refractivity contribution in [2.24, 2.45) is 5.73 Å². The van der Waals surface area contributed by atoms with E-state index in [0.29, 0.717) is 6.54 Å². The molecular formula is C10H19N3O2. The maximum absolute atomic E-state index is 11.5. The van der Waals surface area contributed by atoms with E-state index in [-0.39, 0.29) is 11.9 Å². The summed E-state index contributed by atoms with van der Waals surface area (Å²) in [6, 6.07) is 0. The first-order valence-corrected chi connectivity index (χ1v) is 5.25. The second kappa shape index (κ2) is 5.72. The van der Waals surface area contributed by atoms with E-state index < -0.39 is 5.97 Å². The van der Waals surface area contributed by atoms with Crippen LogP contribution in [0.4, 0.5) is 0 Å². The van der Waals surface area contributed by atoms with Crippen LogP contribution in [0.3, 0.4) is 0 Å². The van der Waals surface area contributed by atoms with Gasteiger partial charge in [0.1, 0.15) is 5.70 Å². The largest absolute Gasteiger partial charge is 0.441 e. The molecule has 0 saturated carbocycles. The topological polar surface area (TPSA) is 76.4 Å². The van der Waals surface area contributed by atoms with Gasteiger partial charge in [-0.25, -0.2) is 4.79 Å². The fourth-order valence-electron chi connectivity index (χ4n) is 1.27. The van der Waals surface area contributed by atoms with Crippen LogP contribution >= 0.6 is 0 Å². The summed E-state index contributed by atoms with van der Waals surface area (Å²) in [6.07, 6.45) is 0.492. The van der Waals surface area contributed by atoms with Crippen LogP contribution in [-0.2, 0) is 9.53 Å². The third kappa shape index (κ3) is 3.53. The van der Waals surface area contributed by atoms with E-state index in [4.69, 9.17) is 10.5 Å². The van der Waals surface area contributed by atoms with Crippen molar-refractivity contribution in [2.75, 3.05) is 19.6 Å². The molecule has 1 unspecified atom stereocenters. The highest BCUT2D eigenvalue weighted by molar-refractivity contribution is 5.88. The molecule has 0 amide bonds. The Kier molecular flexibility index (Phi) is 4.58. The predicted molar refractivity (Wildman–Crippen MR) is 57.9 cm³/mol. The first-order valence-electron chi connectivity index (χ1n) is 5.25. The maximum atomic E-state index is 11.5. The van der Waals surface area contributed by atoms with Gasteiger partial charge in [0.15, 0.2) is 6.23 Å². The van der Waals surface area contributed by atoms with Crippen molar-refractivity contribution in [3.8, 4) is 0 Å². The van der Waals surface area contributed by atoms with E-state index in [1.165, 1.54) is 0 Å². The number of nitrogens with one attached hydrogen (secondary N) is 2. The van der Waals surface area contributed by atoms with Crippen LogP contribution in [-0.4, -0.2) is 31.8 Å². The zero-order valence-corrected chi connectivity index (χ0v) is 9.30. The molecule has 4 N–H and O–H groups in total. The molecule has 1 saturated heterocycles. The molecule has 0 bridgehead atoms. The molecule has 1 heterocycles. The van der Waals surface area contributed by atoms with E-state index in [2.05, 4.69) is 10.6 Å². The minimum Gasteiger partial charge on any atom is -0.441 e. The quantitative estimate of drug-likeness (QED) is 0.443. The first kappa shape index (κ1) is 12.0. The normalized spacial score (nSPS) is 23.2. The summed E-state index contributed by atoms with van der Waals surface area (Å²) in [5, 5.41) is 6.20. The second-order valence-corrected chi connectivity index (χ2v) is 3.60. The number of esters is 1. The van der Waals surface area contributed by atoms with Gasteiger partial charge in [-0.15, -0.1) is 0 Å². The molecule has 1 fully saturated rings. The molecule has 0 aliphatic carbocycles. The van der Waals surface area contributed by atoms with Gasteiger partial charge in [0.25, 0.3) is 0 Å². The summed E-state index contributed by atoms with van der Waals surface area (Å²) in [5.74, 6) is -0.435. The standard InChI is InChI=1S/C10H19N3O2/c1-3-7(2)9(11)10(14)15-8-6-12-4-5-13-8/h8,12-13H,3-6,11H2,1-2H3/b9-7+. The van der Waals surface area contributed by atoms with Gasteiger partial charge in [0.2, 0.25) is 0 Å². The average Bonchev–Trinajstić information content (AvgIpc) is 2.28. The lowest BCUT2D eigenvalue weighted by Gasteiger charge is -2.24. The van der Waals surface area contributed by atoms with Crippen LogP contribution in [0, 0.1) is 0 Å². The lowest BCUT2D eigenvalue weighted by molar-refractivity contribution is -0.146. The van der Waals surface area contributed by atoms with E-state index in [1.807, 2.05) is 13.8 Å². The van der Waals surface area contributed by atoms with Crippen LogP contribution in [0.5, 0.6) is 0 Å². The zero-order chi connectivity index (χ0) is 11.3. The van der Waals surface area contributed by atoms with Gasteiger partial charge < -0.3 is 15.8 Å². The van der Waals surface area contributed by atoms with Crippen molar-refractivity contribution in [1.29, 1.82) is 0 Å². The number of allylic oxidation sites excluding steroid dienone is 1. The van der Waals surface area contributed by atoms with Crippen molar-refractivity contribution in [2.45, 2.75) is 26.5 Å². The van der Waals surface area contributed by atoms with Gasteiger partial charge >= 0.3 is 5.97 Å². The minimum absolute atomic E-state index is 0.227. The highest BCUT2D eigenvalue weighted by atomic mass is 16.6. The van der Waals surface area contributed by atoms with Crippen molar-refractivity contribution in [3.63, 3.8) is 0 Å². The number of piperazine rings is 1. The molecule has 1 aliphatic heterocycles. The Morgan fingerprint density at radius 1 is 1.53 bits per heavy atom. The fourth-order valence-corrected chi connectivity index (χ4v) is 1.27. The Labute approximate surface area is 90.0 Å². The molecule has 0 aromatic carbocycles. The molecule has 0 spiro atoms. The molecule has 5 heteroatoms. The molecule has 0 aromatic rings. The number of nitrogens with two attached hydrogens (primary N) is 1. The smallest absolute Gasteiger partial charge is 0.355 e. The van der Waals surface area contributed by atoms with Crippen LogP contribution < -0.4 is 16.4 Å².